The normalized spacial score (nSPS) is 11.1. The Morgan fingerprint density at radius 2 is 0.343 bits per heavy atom. The standard InChI is InChI=1S/C61H48P4.C2H6/c1-9-25-50(26-10-1)62(51-27-11-2-12-28-51)58-42-48(43-59(46-58)63(52-29-13-3-14-30-52)53-31-15-4-16-32-53)41-49-44-60(64(54-33-17-5-18-34-54)55-35-19-6-20-36-55)47-61(45-49)65(56-37-21-7-22-38-56)57-39-23-8-24-40-57;1-2/h1-40,42-47H,41H2;1-2H3. The van der Waals surface area contributed by atoms with Gasteiger partial charge in [0.05, 0.1) is 0 Å². The molecule has 0 heterocycles. The van der Waals surface area contributed by atoms with Crippen LogP contribution in [0.2, 0.25) is 0 Å². The van der Waals surface area contributed by atoms with Gasteiger partial charge in [-0.1, -0.05) is 281 Å². The van der Waals surface area contributed by atoms with Gasteiger partial charge in [0.15, 0.2) is 0 Å². The van der Waals surface area contributed by atoms with Crippen LogP contribution in [-0.4, -0.2) is 0 Å². The van der Waals surface area contributed by atoms with Crippen molar-refractivity contribution in [2.45, 2.75) is 20.3 Å². The van der Waals surface area contributed by atoms with Crippen LogP contribution in [0, 0.1) is 0 Å². The highest BCUT2D eigenvalue weighted by molar-refractivity contribution is 7.82. The van der Waals surface area contributed by atoms with Crippen molar-refractivity contribution in [1.29, 1.82) is 0 Å². The summed E-state index contributed by atoms with van der Waals surface area (Å²) in [6, 6.07) is 105. The van der Waals surface area contributed by atoms with Crippen molar-refractivity contribution >= 4 is 95.3 Å². The molecule has 0 saturated heterocycles. The Morgan fingerprint density at radius 1 is 0.194 bits per heavy atom. The zero-order valence-corrected chi connectivity index (χ0v) is 41.6. The summed E-state index contributed by atoms with van der Waals surface area (Å²) < 4.78 is 0. The molecule has 0 unspecified atom stereocenters. The monoisotopic (exact) mass is 934 g/mol. The average Bonchev–Trinajstić information content (AvgIpc) is 3.40. The Kier molecular flexibility index (Phi) is 15.9. The fourth-order valence-corrected chi connectivity index (χ4v) is 18.5. The molecule has 0 aliphatic heterocycles. The van der Waals surface area contributed by atoms with Crippen molar-refractivity contribution < 1.29 is 0 Å². The fraction of sp³-hybridized carbons (Fsp3) is 0.0476. The quantitative estimate of drug-likeness (QED) is 0.0953. The molecule has 10 aromatic rings. The first-order valence-corrected chi connectivity index (χ1v) is 28.5. The molecule has 0 bridgehead atoms. The summed E-state index contributed by atoms with van der Waals surface area (Å²) in [5.74, 6) is 0. The lowest BCUT2D eigenvalue weighted by Gasteiger charge is -2.26. The van der Waals surface area contributed by atoms with Gasteiger partial charge >= 0.3 is 0 Å². The summed E-state index contributed by atoms with van der Waals surface area (Å²) in [4.78, 5) is 0. The van der Waals surface area contributed by atoms with E-state index in [0.29, 0.717) is 0 Å². The van der Waals surface area contributed by atoms with Crippen LogP contribution < -0.4 is 63.7 Å². The minimum atomic E-state index is -0.853. The highest BCUT2D eigenvalue weighted by atomic mass is 31.1. The molecule has 0 aromatic heterocycles. The first kappa shape index (κ1) is 46.0. The highest BCUT2D eigenvalue weighted by Gasteiger charge is 2.25. The predicted octanol–water partition coefficient (Wildman–Crippen LogP) is 11.3. The molecule has 326 valence electrons. The second kappa shape index (κ2) is 23.1. The van der Waals surface area contributed by atoms with Crippen LogP contribution in [0.4, 0.5) is 0 Å². The summed E-state index contributed by atoms with van der Waals surface area (Å²) in [6.45, 7) is 4.00. The van der Waals surface area contributed by atoms with E-state index < -0.39 is 31.7 Å². The second-order valence-electron chi connectivity index (χ2n) is 15.9. The lowest BCUT2D eigenvalue weighted by atomic mass is 10.1. The summed E-state index contributed by atoms with van der Waals surface area (Å²) in [6.07, 6.45) is 0.806. The fourth-order valence-electron chi connectivity index (χ4n) is 8.67. The van der Waals surface area contributed by atoms with Crippen molar-refractivity contribution in [2.24, 2.45) is 0 Å². The number of hydrogen-bond donors (Lipinski definition) is 0. The van der Waals surface area contributed by atoms with Crippen molar-refractivity contribution in [3.05, 3.63) is 290 Å². The molecule has 0 aliphatic carbocycles. The van der Waals surface area contributed by atoms with E-state index in [1.807, 2.05) is 13.8 Å². The smallest absolute Gasteiger partial charge is 0.00248 e. The Labute approximate surface area is 403 Å². The van der Waals surface area contributed by atoms with Crippen LogP contribution in [0.1, 0.15) is 25.0 Å². The average molecular weight is 935 g/mol. The van der Waals surface area contributed by atoms with Gasteiger partial charge in [-0.2, -0.15) is 0 Å². The van der Waals surface area contributed by atoms with Crippen LogP contribution in [0.25, 0.3) is 0 Å². The van der Waals surface area contributed by atoms with Crippen molar-refractivity contribution in [1.82, 2.24) is 0 Å². The number of hydrogen-bond acceptors (Lipinski definition) is 0. The molecule has 0 aliphatic rings. The van der Waals surface area contributed by atoms with Crippen molar-refractivity contribution in [2.75, 3.05) is 0 Å². The summed E-state index contributed by atoms with van der Waals surface area (Å²) in [5, 5.41) is 16.4. The third-order valence-electron chi connectivity index (χ3n) is 11.5. The number of benzene rings is 10. The largest absolute Gasteiger partial charge is 0.0683 e. The van der Waals surface area contributed by atoms with Gasteiger partial charge < -0.3 is 0 Å². The van der Waals surface area contributed by atoms with Gasteiger partial charge in [0.1, 0.15) is 0 Å². The summed E-state index contributed by atoms with van der Waals surface area (Å²) >= 11 is 0. The van der Waals surface area contributed by atoms with E-state index in [1.54, 1.807) is 0 Å². The molecule has 0 nitrogen and oxygen atoms in total. The molecule has 0 atom stereocenters. The predicted molar refractivity (Wildman–Crippen MR) is 302 cm³/mol. The first-order valence-electron chi connectivity index (χ1n) is 23.1. The van der Waals surface area contributed by atoms with Crippen molar-refractivity contribution in [3.8, 4) is 0 Å². The van der Waals surface area contributed by atoms with Gasteiger partial charge in [-0.05, 0) is 125 Å². The third-order valence-corrected chi connectivity index (χ3v) is 21.1. The molecule has 67 heavy (non-hydrogen) atoms. The maximum Gasteiger partial charge on any atom is -0.00248 e. The molecule has 0 saturated carbocycles. The molecule has 4 heteroatoms. The lowest BCUT2D eigenvalue weighted by molar-refractivity contribution is 1.21. The molecule has 10 aromatic carbocycles. The zero-order valence-electron chi connectivity index (χ0n) is 38.1. The lowest BCUT2D eigenvalue weighted by Crippen LogP contribution is -2.28. The summed E-state index contributed by atoms with van der Waals surface area (Å²) in [7, 11) is -3.41. The molecule has 0 fully saturated rings. The highest BCUT2D eigenvalue weighted by Crippen LogP contribution is 2.40. The van der Waals surface area contributed by atoms with Gasteiger partial charge in [0.2, 0.25) is 0 Å². The molecule has 0 N–H and O–H groups in total. The Bertz CT molecular complexity index is 2470. The van der Waals surface area contributed by atoms with E-state index in [2.05, 4.69) is 279 Å². The zero-order chi connectivity index (χ0) is 45.6. The van der Waals surface area contributed by atoms with Crippen LogP contribution in [0.5, 0.6) is 0 Å². The Balaban J connectivity index is 0.00000278. The molecular formula is C63H54P4. The minimum absolute atomic E-state index is 0.806. The van der Waals surface area contributed by atoms with E-state index in [1.165, 1.54) is 74.8 Å². The maximum atomic E-state index is 2.55. The van der Waals surface area contributed by atoms with Gasteiger partial charge in [0.25, 0.3) is 0 Å². The van der Waals surface area contributed by atoms with E-state index in [-0.39, 0.29) is 0 Å². The van der Waals surface area contributed by atoms with E-state index in [4.69, 9.17) is 0 Å². The Morgan fingerprint density at radius 3 is 0.493 bits per heavy atom. The number of rotatable bonds is 14. The van der Waals surface area contributed by atoms with E-state index in [9.17, 15) is 0 Å². The summed E-state index contributed by atoms with van der Waals surface area (Å²) in [5.41, 5.74) is 2.68. The third kappa shape index (κ3) is 11.2. The minimum Gasteiger partial charge on any atom is -0.0683 e. The van der Waals surface area contributed by atoms with Gasteiger partial charge in [-0.15, -0.1) is 0 Å². The second-order valence-corrected chi connectivity index (χ2v) is 24.8. The SMILES string of the molecule is CC.c1ccc(P(c2ccccc2)c2cc(Cc3cc(P(c4ccccc4)c4ccccc4)cc(P(c4ccccc4)c4ccccc4)c3)cc(P(c3ccccc3)c3ccccc3)c2)cc1. The molecule has 10 rings (SSSR count). The van der Waals surface area contributed by atoms with Gasteiger partial charge in [-0.3, -0.25) is 0 Å². The molecule has 0 amide bonds. The van der Waals surface area contributed by atoms with Crippen LogP contribution in [0.15, 0.2) is 279 Å². The van der Waals surface area contributed by atoms with E-state index in [0.717, 1.165) is 6.42 Å². The topological polar surface area (TPSA) is 0 Å². The first-order chi connectivity index (χ1) is 33.2. The molecular weight excluding hydrogens is 881 g/mol. The van der Waals surface area contributed by atoms with Gasteiger partial charge in [-0.25, -0.2) is 0 Å². The molecule has 0 spiro atoms. The van der Waals surface area contributed by atoms with E-state index >= 15 is 0 Å². The van der Waals surface area contributed by atoms with Gasteiger partial charge in [0, 0.05) is 0 Å². The Hall–Kier alpha value is -6.08. The van der Waals surface area contributed by atoms with Crippen LogP contribution in [-0.2, 0) is 6.42 Å². The van der Waals surface area contributed by atoms with Crippen LogP contribution >= 0.6 is 31.7 Å². The van der Waals surface area contributed by atoms with Crippen molar-refractivity contribution in [3.63, 3.8) is 0 Å². The van der Waals surface area contributed by atoms with Crippen LogP contribution in [0.3, 0.4) is 0 Å². The maximum absolute atomic E-state index is 2.55. The molecule has 0 radical (unpaired) electrons.